The lowest BCUT2D eigenvalue weighted by Crippen LogP contribution is -2.33. The van der Waals surface area contributed by atoms with Crippen LogP contribution in [0.4, 0.5) is 0 Å². The quantitative estimate of drug-likeness (QED) is 0.492. The van der Waals surface area contributed by atoms with Crippen molar-refractivity contribution in [2.24, 2.45) is 0 Å². The van der Waals surface area contributed by atoms with Crippen molar-refractivity contribution in [3.05, 3.63) is 23.8 Å². The molecular formula is C17H23NO6S3. The minimum absolute atomic E-state index is 0.0395. The molecule has 0 aromatic heterocycles. The Morgan fingerprint density at radius 2 is 2.04 bits per heavy atom. The molecule has 2 rings (SSSR count). The van der Waals surface area contributed by atoms with E-state index in [1.165, 1.54) is 39.5 Å². The molecule has 0 bridgehead atoms. The van der Waals surface area contributed by atoms with Gasteiger partial charge < -0.3 is 14.2 Å². The van der Waals surface area contributed by atoms with Crippen molar-refractivity contribution < 1.29 is 27.4 Å². The first kappa shape index (κ1) is 21.9. The number of hydrogen-bond acceptors (Lipinski definition) is 8. The van der Waals surface area contributed by atoms with E-state index in [1.807, 2.05) is 11.8 Å². The molecule has 0 radical (unpaired) electrons. The van der Waals surface area contributed by atoms with Crippen LogP contribution in [0.3, 0.4) is 0 Å². The molecule has 0 saturated carbocycles. The summed E-state index contributed by atoms with van der Waals surface area (Å²) < 4.78 is 43.5. The van der Waals surface area contributed by atoms with E-state index in [0.717, 1.165) is 17.3 Å². The molecule has 1 aromatic rings. The molecule has 1 atom stereocenters. The molecule has 1 aliphatic heterocycles. The zero-order valence-electron chi connectivity index (χ0n) is 15.4. The van der Waals surface area contributed by atoms with Gasteiger partial charge in [0.25, 0.3) is 0 Å². The van der Waals surface area contributed by atoms with Crippen LogP contribution in [0.2, 0.25) is 0 Å². The van der Waals surface area contributed by atoms with Gasteiger partial charge in [-0.1, -0.05) is 0 Å². The summed E-state index contributed by atoms with van der Waals surface area (Å²) in [5, 5.41) is 0.230. The second kappa shape index (κ2) is 10.3. The zero-order valence-corrected chi connectivity index (χ0v) is 17.8. The number of carbonyl (C=O) groups excluding carboxylic acids is 1. The number of thioether (sulfide) groups is 2. The number of ether oxygens (including phenoxy) is 3. The van der Waals surface area contributed by atoms with Gasteiger partial charge in [-0.15, -0.1) is 0 Å². The molecule has 7 nitrogen and oxygen atoms in total. The third-order valence-electron chi connectivity index (χ3n) is 3.76. The van der Waals surface area contributed by atoms with E-state index in [0.29, 0.717) is 12.1 Å². The van der Waals surface area contributed by atoms with Crippen molar-refractivity contribution in [3.63, 3.8) is 0 Å². The number of sulfonamides is 1. The van der Waals surface area contributed by atoms with Gasteiger partial charge in [0, 0.05) is 35.1 Å². The standard InChI is InChI=1S/C17H23NO6S3/c1-22-14-8-12(4-5-16(19)23-2)9-15(17(14)24-3)27(20,21)18-10-13-11-25-6-7-26-13/h4-5,8-9,13,18H,6-7,10-11H2,1-3H3/b5-4-/t13-/m0/s1. The predicted octanol–water partition coefficient (Wildman–Crippen LogP) is 2.02. The maximum Gasteiger partial charge on any atom is 0.330 e. The molecular weight excluding hydrogens is 410 g/mol. The van der Waals surface area contributed by atoms with E-state index in [4.69, 9.17) is 9.47 Å². The molecule has 1 saturated heterocycles. The van der Waals surface area contributed by atoms with E-state index < -0.39 is 16.0 Å². The Morgan fingerprint density at radius 1 is 1.26 bits per heavy atom. The predicted molar refractivity (Wildman–Crippen MR) is 109 cm³/mol. The minimum atomic E-state index is -3.83. The van der Waals surface area contributed by atoms with Gasteiger partial charge in [0.05, 0.1) is 21.3 Å². The lowest BCUT2D eigenvalue weighted by molar-refractivity contribution is -0.134. The topological polar surface area (TPSA) is 90.9 Å². The van der Waals surface area contributed by atoms with Crippen LogP contribution in [0.5, 0.6) is 11.5 Å². The number of carbonyl (C=O) groups is 1. The van der Waals surface area contributed by atoms with Crippen LogP contribution >= 0.6 is 23.5 Å². The molecule has 27 heavy (non-hydrogen) atoms. The van der Waals surface area contributed by atoms with Gasteiger partial charge in [-0.05, 0) is 23.8 Å². The highest BCUT2D eigenvalue weighted by molar-refractivity contribution is 8.06. The van der Waals surface area contributed by atoms with Crippen molar-refractivity contribution in [3.8, 4) is 11.5 Å². The summed E-state index contributed by atoms with van der Waals surface area (Å²) in [6.07, 6.45) is 2.67. The second-order valence-corrected chi connectivity index (χ2v) is 9.82. The molecule has 0 spiro atoms. The summed E-state index contributed by atoms with van der Waals surface area (Å²) in [6.45, 7) is 0.341. The van der Waals surface area contributed by atoms with E-state index in [1.54, 1.807) is 17.8 Å². The largest absolute Gasteiger partial charge is 0.493 e. The van der Waals surface area contributed by atoms with Gasteiger partial charge >= 0.3 is 5.97 Å². The Balaban J connectivity index is 2.33. The monoisotopic (exact) mass is 433 g/mol. The van der Waals surface area contributed by atoms with Crippen molar-refractivity contribution in [1.82, 2.24) is 4.72 Å². The third kappa shape index (κ3) is 6.06. The number of nitrogens with one attached hydrogen (secondary N) is 1. The average Bonchev–Trinajstić information content (AvgIpc) is 2.70. The molecule has 1 N–H and O–H groups in total. The van der Waals surface area contributed by atoms with Crippen molar-refractivity contribution in [1.29, 1.82) is 0 Å². The Kier molecular flexibility index (Phi) is 8.33. The first-order valence-corrected chi connectivity index (χ1v) is 11.8. The van der Waals surface area contributed by atoms with Gasteiger partial charge in [0.15, 0.2) is 11.5 Å². The first-order chi connectivity index (χ1) is 12.9. The number of rotatable bonds is 8. The minimum Gasteiger partial charge on any atom is -0.493 e. The van der Waals surface area contributed by atoms with E-state index in [2.05, 4.69) is 9.46 Å². The normalized spacial score (nSPS) is 17.7. The average molecular weight is 434 g/mol. The van der Waals surface area contributed by atoms with Crippen molar-refractivity contribution in [2.45, 2.75) is 10.1 Å². The van der Waals surface area contributed by atoms with Crippen LogP contribution < -0.4 is 14.2 Å². The van der Waals surface area contributed by atoms with Crippen LogP contribution in [0, 0.1) is 0 Å². The third-order valence-corrected chi connectivity index (χ3v) is 8.03. The molecule has 1 fully saturated rings. The molecule has 10 heteroatoms. The van der Waals surface area contributed by atoms with Gasteiger partial charge in [0.2, 0.25) is 10.0 Å². The van der Waals surface area contributed by atoms with Gasteiger partial charge in [-0.3, -0.25) is 0 Å². The molecule has 0 amide bonds. The number of methoxy groups -OCH3 is 3. The lowest BCUT2D eigenvalue weighted by atomic mass is 10.2. The van der Waals surface area contributed by atoms with Crippen LogP contribution in [-0.2, 0) is 19.6 Å². The number of benzene rings is 1. The van der Waals surface area contributed by atoms with Crippen LogP contribution in [0.1, 0.15) is 5.56 Å². The highest BCUT2D eigenvalue weighted by Crippen LogP contribution is 2.36. The molecule has 1 aromatic carbocycles. The second-order valence-electron chi connectivity index (χ2n) is 5.53. The molecule has 150 valence electrons. The maximum absolute atomic E-state index is 12.9. The Hall–Kier alpha value is -1.36. The van der Waals surface area contributed by atoms with Crippen LogP contribution in [0.25, 0.3) is 6.08 Å². The van der Waals surface area contributed by atoms with E-state index in [-0.39, 0.29) is 21.6 Å². The van der Waals surface area contributed by atoms with Gasteiger partial charge in [-0.25, -0.2) is 17.9 Å². The fraction of sp³-hybridized carbons (Fsp3) is 0.471. The van der Waals surface area contributed by atoms with E-state index >= 15 is 0 Å². The Bertz CT molecular complexity index is 788. The lowest BCUT2D eigenvalue weighted by Gasteiger charge is -2.21. The maximum atomic E-state index is 12.9. The fourth-order valence-electron chi connectivity index (χ4n) is 2.41. The summed E-state index contributed by atoms with van der Waals surface area (Å²) >= 11 is 3.59. The fourth-order valence-corrected chi connectivity index (χ4v) is 6.43. The number of esters is 1. The molecule has 0 unspecified atom stereocenters. The highest BCUT2D eigenvalue weighted by Gasteiger charge is 2.25. The smallest absolute Gasteiger partial charge is 0.330 e. The summed E-state index contributed by atoms with van der Waals surface area (Å²) in [5.74, 6) is 2.85. The summed E-state index contributed by atoms with van der Waals surface area (Å²) in [4.78, 5) is 11.3. The SMILES string of the molecule is COC(=O)/C=C\c1cc(OC)c(OC)c(S(=O)(=O)NC[C@H]2CSCCS2)c1. The summed E-state index contributed by atoms with van der Waals surface area (Å²) in [5.41, 5.74) is 0.473. The number of hydrogen-bond donors (Lipinski definition) is 1. The summed E-state index contributed by atoms with van der Waals surface area (Å²) in [7, 11) is 0.243. The zero-order chi connectivity index (χ0) is 19.9. The van der Waals surface area contributed by atoms with Crippen molar-refractivity contribution >= 4 is 45.6 Å². The first-order valence-electron chi connectivity index (χ1n) is 8.12. The van der Waals surface area contributed by atoms with E-state index in [9.17, 15) is 13.2 Å². The molecule has 1 aliphatic rings. The van der Waals surface area contributed by atoms with Gasteiger partial charge in [-0.2, -0.15) is 23.5 Å². The Labute approximate surface area is 168 Å². The van der Waals surface area contributed by atoms with Crippen LogP contribution in [0.15, 0.2) is 23.1 Å². The van der Waals surface area contributed by atoms with Crippen molar-refractivity contribution in [2.75, 3.05) is 45.1 Å². The summed E-state index contributed by atoms with van der Waals surface area (Å²) in [6, 6.07) is 3.02. The van der Waals surface area contributed by atoms with Crippen LogP contribution in [-0.4, -0.2) is 64.8 Å². The molecule has 0 aliphatic carbocycles. The Morgan fingerprint density at radius 3 is 2.63 bits per heavy atom. The molecule has 1 heterocycles. The highest BCUT2D eigenvalue weighted by atomic mass is 32.2. The van der Waals surface area contributed by atoms with Gasteiger partial charge in [0.1, 0.15) is 4.90 Å².